The maximum absolute atomic E-state index is 12.5. The van der Waals surface area contributed by atoms with E-state index in [1.54, 1.807) is 22.9 Å². The van der Waals surface area contributed by atoms with Crippen LogP contribution in [0.2, 0.25) is 0 Å². The second kappa shape index (κ2) is 5.12. The highest BCUT2D eigenvalue weighted by molar-refractivity contribution is 5.54. The van der Waals surface area contributed by atoms with E-state index in [0.717, 1.165) is 30.8 Å². The SMILES string of the molecule is CCc1nc(C2CCCC2)n2nc(-c3ccco3)[nH]c(=O)c12. The molecule has 6 nitrogen and oxygen atoms in total. The summed E-state index contributed by atoms with van der Waals surface area (Å²) in [4.78, 5) is 20.0. The highest BCUT2D eigenvalue weighted by Gasteiger charge is 2.25. The number of aromatic nitrogens is 4. The molecule has 0 radical (unpaired) electrons. The van der Waals surface area contributed by atoms with E-state index >= 15 is 0 Å². The fourth-order valence-electron chi connectivity index (χ4n) is 3.31. The number of aromatic amines is 1. The van der Waals surface area contributed by atoms with Crippen molar-refractivity contribution in [2.75, 3.05) is 0 Å². The lowest BCUT2D eigenvalue weighted by Crippen LogP contribution is -2.16. The van der Waals surface area contributed by atoms with Crippen molar-refractivity contribution < 1.29 is 4.42 Å². The van der Waals surface area contributed by atoms with Crippen molar-refractivity contribution >= 4 is 5.52 Å². The van der Waals surface area contributed by atoms with Gasteiger partial charge in [-0.1, -0.05) is 19.8 Å². The van der Waals surface area contributed by atoms with E-state index in [1.807, 2.05) is 6.92 Å². The van der Waals surface area contributed by atoms with Crippen LogP contribution < -0.4 is 5.56 Å². The quantitative estimate of drug-likeness (QED) is 0.806. The zero-order valence-corrected chi connectivity index (χ0v) is 12.5. The Morgan fingerprint density at radius 3 is 2.91 bits per heavy atom. The number of hydrogen-bond donors (Lipinski definition) is 1. The molecular weight excluding hydrogens is 280 g/mol. The Morgan fingerprint density at radius 1 is 1.41 bits per heavy atom. The van der Waals surface area contributed by atoms with Gasteiger partial charge >= 0.3 is 0 Å². The minimum atomic E-state index is -0.157. The van der Waals surface area contributed by atoms with Gasteiger partial charge in [0.1, 0.15) is 5.82 Å². The first-order valence-electron chi connectivity index (χ1n) is 7.83. The second-order valence-electron chi connectivity index (χ2n) is 5.79. The Kier molecular flexibility index (Phi) is 3.10. The summed E-state index contributed by atoms with van der Waals surface area (Å²) in [6, 6.07) is 3.57. The Hall–Kier alpha value is -2.37. The predicted octanol–water partition coefficient (Wildman–Crippen LogP) is 2.90. The van der Waals surface area contributed by atoms with Gasteiger partial charge in [0, 0.05) is 5.92 Å². The number of rotatable bonds is 3. The summed E-state index contributed by atoms with van der Waals surface area (Å²) in [7, 11) is 0. The molecule has 3 aromatic heterocycles. The molecule has 1 aliphatic rings. The molecule has 0 spiro atoms. The maximum Gasteiger partial charge on any atom is 0.277 e. The average molecular weight is 298 g/mol. The molecule has 4 rings (SSSR count). The fourth-order valence-corrected chi connectivity index (χ4v) is 3.31. The first-order valence-corrected chi connectivity index (χ1v) is 7.83. The molecule has 0 bridgehead atoms. The van der Waals surface area contributed by atoms with Crippen LogP contribution in [-0.4, -0.2) is 19.6 Å². The lowest BCUT2D eigenvalue weighted by Gasteiger charge is -2.07. The van der Waals surface area contributed by atoms with Crippen molar-refractivity contribution in [3.05, 3.63) is 40.3 Å². The second-order valence-corrected chi connectivity index (χ2v) is 5.79. The van der Waals surface area contributed by atoms with Crippen LogP contribution in [0.5, 0.6) is 0 Å². The molecule has 0 amide bonds. The molecule has 6 heteroatoms. The van der Waals surface area contributed by atoms with Crippen LogP contribution >= 0.6 is 0 Å². The minimum absolute atomic E-state index is 0.157. The monoisotopic (exact) mass is 298 g/mol. The lowest BCUT2D eigenvalue weighted by atomic mass is 10.1. The Balaban J connectivity index is 1.97. The van der Waals surface area contributed by atoms with Gasteiger partial charge in [-0.3, -0.25) is 4.79 Å². The molecule has 0 aliphatic heterocycles. The molecule has 0 aromatic carbocycles. The van der Waals surface area contributed by atoms with Gasteiger partial charge in [0.05, 0.1) is 12.0 Å². The van der Waals surface area contributed by atoms with E-state index in [0.29, 0.717) is 23.0 Å². The van der Waals surface area contributed by atoms with E-state index < -0.39 is 0 Å². The number of furan rings is 1. The van der Waals surface area contributed by atoms with E-state index in [4.69, 9.17) is 9.40 Å². The van der Waals surface area contributed by atoms with E-state index in [9.17, 15) is 4.79 Å². The summed E-state index contributed by atoms with van der Waals surface area (Å²) in [6.45, 7) is 2.01. The third-order valence-electron chi connectivity index (χ3n) is 4.41. The smallest absolute Gasteiger partial charge is 0.277 e. The van der Waals surface area contributed by atoms with E-state index in [2.05, 4.69) is 10.1 Å². The van der Waals surface area contributed by atoms with Gasteiger partial charge in [0.25, 0.3) is 5.56 Å². The molecule has 1 saturated carbocycles. The summed E-state index contributed by atoms with van der Waals surface area (Å²) < 4.78 is 7.10. The average Bonchev–Trinajstić information content (AvgIpc) is 3.26. The standard InChI is InChI=1S/C16H18N4O2/c1-2-11-13-16(21)18-14(12-8-5-9-22-12)19-20(13)15(17-11)10-6-3-4-7-10/h5,8-10H,2-4,6-7H2,1H3,(H,18,19,21). The van der Waals surface area contributed by atoms with Crippen molar-refractivity contribution in [1.82, 2.24) is 19.6 Å². The van der Waals surface area contributed by atoms with E-state index in [1.165, 1.54) is 12.8 Å². The van der Waals surface area contributed by atoms with Gasteiger partial charge in [-0.05, 0) is 31.4 Å². The molecule has 0 atom stereocenters. The minimum Gasteiger partial charge on any atom is -0.461 e. The normalized spacial score (nSPS) is 15.9. The molecular formula is C16H18N4O2. The van der Waals surface area contributed by atoms with Crippen molar-refractivity contribution in [2.45, 2.75) is 44.9 Å². The van der Waals surface area contributed by atoms with Gasteiger partial charge in [0.2, 0.25) is 0 Å². The van der Waals surface area contributed by atoms with Crippen LogP contribution in [0.15, 0.2) is 27.6 Å². The van der Waals surface area contributed by atoms with E-state index in [-0.39, 0.29) is 5.56 Å². The summed E-state index contributed by atoms with van der Waals surface area (Å²) in [5.74, 6) is 2.32. The number of nitrogens with one attached hydrogen (secondary N) is 1. The predicted molar refractivity (Wildman–Crippen MR) is 81.9 cm³/mol. The Labute approximate surface area is 127 Å². The van der Waals surface area contributed by atoms with Crippen molar-refractivity contribution in [3.63, 3.8) is 0 Å². The van der Waals surface area contributed by atoms with Gasteiger partial charge in [-0.15, -0.1) is 5.10 Å². The lowest BCUT2D eigenvalue weighted by molar-refractivity contribution is 0.572. The largest absolute Gasteiger partial charge is 0.461 e. The number of imidazole rings is 1. The van der Waals surface area contributed by atoms with Crippen LogP contribution in [-0.2, 0) is 6.42 Å². The Morgan fingerprint density at radius 2 is 2.23 bits per heavy atom. The van der Waals surface area contributed by atoms with Gasteiger partial charge in [-0.2, -0.15) is 0 Å². The molecule has 22 heavy (non-hydrogen) atoms. The number of nitrogens with zero attached hydrogens (tertiary/aromatic N) is 3. The summed E-state index contributed by atoms with van der Waals surface area (Å²) in [5.41, 5.74) is 1.23. The number of aryl methyl sites for hydroxylation is 1. The summed E-state index contributed by atoms with van der Waals surface area (Å²) in [5, 5.41) is 4.60. The number of fused-ring (bicyclic) bond motifs is 1. The van der Waals surface area contributed by atoms with Gasteiger partial charge in [-0.25, -0.2) is 9.50 Å². The first-order chi connectivity index (χ1) is 10.8. The molecule has 0 saturated heterocycles. The third kappa shape index (κ3) is 1.98. The molecule has 0 unspecified atom stereocenters. The maximum atomic E-state index is 12.5. The van der Waals surface area contributed by atoms with Crippen LogP contribution in [0.1, 0.15) is 50.0 Å². The highest BCUT2D eigenvalue weighted by atomic mass is 16.3. The van der Waals surface area contributed by atoms with Crippen molar-refractivity contribution in [3.8, 4) is 11.6 Å². The number of hydrogen-bond acceptors (Lipinski definition) is 4. The molecule has 1 fully saturated rings. The van der Waals surface area contributed by atoms with Gasteiger partial charge < -0.3 is 9.40 Å². The molecule has 1 aliphatic carbocycles. The van der Waals surface area contributed by atoms with Crippen LogP contribution in [0.4, 0.5) is 0 Å². The third-order valence-corrected chi connectivity index (χ3v) is 4.41. The fraction of sp³-hybridized carbons (Fsp3) is 0.438. The van der Waals surface area contributed by atoms with Gasteiger partial charge in [0.15, 0.2) is 17.1 Å². The van der Waals surface area contributed by atoms with Crippen LogP contribution in [0, 0.1) is 0 Å². The summed E-state index contributed by atoms with van der Waals surface area (Å²) >= 11 is 0. The molecule has 114 valence electrons. The molecule has 3 heterocycles. The molecule has 1 N–H and O–H groups in total. The number of H-pyrrole nitrogens is 1. The van der Waals surface area contributed by atoms with Crippen LogP contribution in [0.3, 0.4) is 0 Å². The van der Waals surface area contributed by atoms with Crippen molar-refractivity contribution in [2.24, 2.45) is 0 Å². The molecule has 3 aromatic rings. The zero-order valence-electron chi connectivity index (χ0n) is 12.5. The Bertz CT molecular complexity index is 854. The first kappa shape index (κ1) is 13.3. The highest BCUT2D eigenvalue weighted by Crippen LogP contribution is 2.34. The zero-order chi connectivity index (χ0) is 15.1. The van der Waals surface area contributed by atoms with Crippen LogP contribution in [0.25, 0.3) is 17.1 Å². The summed E-state index contributed by atoms with van der Waals surface area (Å²) in [6.07, 6.45) is 6.97. The topological polar surface area (TPSA) is 76.2 Å². The van der Waals surface area contributed by atoms with Crippen molar-refractivity contribution in [1.29, 1.82) is 0 Å².